The molecule has 0 aromatic heterocycles. The Hall–Kier alpha value is -1.06. The highest BCUT2D eigenvalue weighted by molar-refractivity contribution is 5.27. The fourth-order valence-electron chi connectivity index (χ4n) is 3.21. The maximum absolute atomic E-state index is 9.64. The van der Waals surface area contributed by atoms with Crippen LogP contribution >= 0.6 is 0 Å². The van der Waals surface area contributed by atoms with Gasteiger partial charge in [-0.3, -0.25) is 0 Å². The molecule has 0 saturated heterocycles. The van der Waals surface area contributed by atoms with E-state index in [1.807, 2.05) is 19.2 Å². The van der Waals surface area contributed by atoms with Gasteiger partial charge in [-0.15, -0.1) is 0 Å². The second-order valence-corrected chi connectivity index (χ2v) is 5.61. The quantitative estimate of drug-likeness (QED) is 0.828. The molecule has 0 spiro atoms. The van der Waals surface area contributed by atoms with E-state index in [2.05, 4.69) is 24.4 Å². The third-order valence-electron chi connectivity index (χ3n) is 4.46. The van der Waals surface area contributed by atoms with Crippen LogP contribution in [-0.2, 0) is 0 Å². The summed E-state index contributed by atoms with van der Waals surface area (Å²) in [5.74, 6) is 1.45. The maximum Gasteiger partial charge on any atom is 0.119 e. The zero-order chi connectivity index (χ0) is 13.7. The van der Waals surface area contributed by atoms with Crippen molar-refractivity contribution >= 4 is 0 Å². The highest BCUT2D eigenvalue weighted by Gasteiger charge is 2.40. The van der Waals surface area contributed by atoms with Gasteiger partial charge in [0.15, 0.2) is 0 Å². The molecule has 3 nitrogen and oxygen atoms in total. The van der Waals surface area contributed by atoms with E-state index in [1.54, 1.807) is 0 Å². The molecule has 2 unspecified atom stereocenters. The molecular formula is C16H25NO2. The minimum Gasteiger partial charge on any atom is -0.494 e. The van der Waals surface area contributed by atoms with Crippen molar-refractivity contribution in [1.29, 1.82) is 0 Å². The smallest absolute Gasteiger partial charge is 0.119 e. The summed E-state index contributed by atoms with van der Waals surface area (Å²) in [7, 11) is 1.95. The molecule has 1 aromatic rings. The van der Waals surface area contributed by atoms with E-state index in [0.717, 1.165) is 25.2 Å². The molecule has 2 N–H and O–H groups in total. The van der Waals surface area contributed by atoms with Crippen molar-refractivity contribution in [2.45, 2.75) is 38.1 Å². The molecule has 106 valence electrons. The van der Waals surface area contributed by atoms with Crippen molar-refractivity contribution < 1.29 is 9.84 Å². The zero-order valence-electron chi connectivity index (χ0n) is 12.0. The molecule has 3 heteroatoms. The van der Waals surface area contributed by atoms with E-state index in [1.165, 1.54) is 18.4 Å². The van der Waals surface area contributed by atoms with E-state index >= 15 is 0 Å². The number of likely N-dealkylation sites (N-methyl/N-ethyl adjacent to an activating group) is 1. The van der Waals surface area contributed by atoms with E-state index in [0.29, 0.717) is 5.92 Å². The average molecular weight is 263 g/mol. The van der Waals surface area contributed by atoms with Crippen LogP contribution in [0, 0.1) is 12.8 Å². The van der Waals surface area contributed by atoms with E-state index in [-0.39, 0.29) is 12.1 Å². The van der Waals surface area contributed by atoms with Crippen LogP contribution in [0.15, 0.2) is 24.3 Å². The second-order valence-electron chi connectivity index (χ2n) is 5.61. The van der Waals surface area contributed by atoms with E-state index in [9.17, 15) is 5.11 Å². The van der Waals surface area contributed by atoms with Crippen molar-refractivity contribution in [1.82, 2.24) is 5.32 Å². The van der Waals surface area contributed by atoms with Crippen LogP contribution in [0.25, 0.3) is 0 Å². The lowest BCUT2D eigenvalue weighted by atomic mass is 9.86. The van der Waals surface area contributed by atoms with Gasteiger partial charge in [0.25, 0.3) is 0 Å². The largest absolute Gasteiger partial charge is 0.494 e. The molecular weight excluding hydrogens is 238 g/mol. The van der Waals surface area contributed by atoms with Crippen molar-refractivity contribution in [2.24, 2.45) is 5.92 Å². The SMILES string of the molecule is CNC1(CO)CCCC1CCOc1cccc(C)c1. The first kappa shape index (κ1) is 14.4. The Morgan fingerprint density at radius 2 is 2.32 bits per heavy atom. The van der Waals surface area contributed by atoms with Gasteiger partial charge in [0.1, 0.15) is 5.75 Å². The summed E-state index contributed by atoms with van der Waals surface area (Å²) >= 11 is 0. The molecule has 1 fully saturated rings. The summed E-state index contributed by atoms with van der Waals surface area (Å²) in [4.78, 5) is 0. The van der Waals surface area contributed by atoms with Gasteiger partial charge in [0.05, 0.1) is 13.2 Å². The molecule has 1 aliphatic carbocycles. The van der Waals surface area contributed by atoms with Crippen molar-refractivity contribution in [3.8, 4) is 5.75 Å². The Bertz CT molecular complexity index is 401. The van der Waals surface area contributed by atoms with Gasteiger partial charge in [-0.2, -0.15) is 0 Å². The van der Waals surface area contributed by atoms with Gasteiger partial charge < -0.3 is 15.2 Å². The number of rotatable bonds is 6. The molecule has 2 rings (SSSR count). The van der Waals surface area contributed by atoms with Gasteiger partial charge in [0.2, 0.25) is 0 Å². The number of nitrogens with one attached hydrogen (secondary N) is 1. The summed E-state index contributed by atoms with van der Waals surface area (Å²) in [6.07, 6.45) is 4.43. The maximum atomic E-state index is 9.64. The van der Waals surface area contributed by atoms with Crippen LogP contribution in [0.1, 0.15) is 31.2 Å². The normalized spacial score (nSPS) is 26.6. The highest BCUT2D eigenvalue weighted by atomic mass is 16.5. The van der Waals surface area contributed by atoms with E-state index < -0.39 is 0 Å². The highest BCUT2D eigenvalue weighted by Crippen LogP contribution is 2.37. The first-order valence-electron chi connectivity index (χ1n) is 7.19. The van der Waals surface area contributed by atoms with Gasteiger partial charge in [-0.05, 0) is 56.8 Å². The van der Waals surface area contributed by atoms with Gasteiger partial charge in [0, 0.05) is 5.54 Å². The number of ether oxygens (including phenoxy) is 1. The first-order chi connectivity index (χ1) is 9.20. The topological polar surface area (TPSA) is 41.5 Å². The second kappa shape index (κ2) is 6.40. The van der Waals surface area contributed by atoms with Gasteiger partial charge in [-0.25, -0.2) is 0 Å². The Labute approximate surface area is 116 Å². The predicted molar refractivity (Wildman–Crippen MR) is 77.5 cm³/mol. The summed E-state index contributed by atoms with van der Waals surface area (Å²) in [5.41, 5.74) is 1.13. The first-order valence-corrected chi connectivity index (χ1v) is 7.19. The summed E-state index contributed by atoms with van der Waals surface area (Å²) in [5, 5.41) is 13.0. The summed E-state index contributed by atoms with van der Waals surface area (Å²) in [6.45, 7) is 3.01. The lowest BCUT2D eigenvalue weighted by Gasteiger charge is -2.33. The number of hydrogen-bond acceptors (Lipinski definition) is 3. The minimum atomic E-state index is -0.0873. The van der Waals surface area contributed by atoms with Gasteiger partial charge >= 0.3 is 0 Å². The Kier molecular flexibility index (Phi) is 4.83. The third kappa shape index (κ3) is 3.28. The average Bonchev–Trinajstić information content (AvgIpc) is 2.82. The number of hydrogen-bond donors (Lipinski definition) is 2. The van der Waals surface area contributed by atoms with Crippen LogP contribution < -0.4 is 10.1 Å². The van der Waals surface area contributed by atoms with Crippen LogP contribution in [-0.4, -0.2) is 30.9 Å². The van der Waals surface area contributed by atoms with Crippen molar-refractivity contribution in [3.05, 3.63) is 29.8 Å². The minimum absolute atomic E-state index is 0.0873. The lowest BCUT2D eigenvalue weighted by Crippen LogP contribution is -2.49. The molecule has 0 heterocycles. The molecule has 19 heavy (non-hydrogen) atoms. The fourth-order valence-corrected chi connectivity index (χ4v) is 3.21. The summed E-state index contributed by atoms with van der Waals surface area (Å²) in [6, 6.07) is 8.15. The fraction of sp³-hybridized carbons (Fsp3) is 0.625. The Balaban J connectivity index is 1.85. The zero-order valence-corrected chi connectivity index (χ0v) is 12.0. The molecule has 0 aliphatic heterocycles. The molecule has 0 radical (unpaired) electrons. The molecule has 1 saturated carbocycles. The summed E-state index contributed by atoms with van der Waals surface area (Å²) < 4.78 is 5.82. The number of aliphatic hydroxyl groups is 1. The Morgan fingerprint density at radius 1 is 1.47 bits per heavy atom. The molecule has 1 aliphatic rings. The lowest BCUT2D eigenvalue weighted by molar-refractivity contribution is 0.117. The predicted octanol–water partition coefficient (Wildman–Crippen LogP) is 2.51. The molecule has 2 atom stereocenters. The molecule has 1 aromatic carbocycles. The van der Waals surface area contributed by atoms with Crippen LogP contribution in [0.2, 0.25) is 0 Å². The monoisotopic (exact) mass is 263 g/mol. The van der Waals surface area contributed by atoms with Crippen LogP contribution in [0.3, 0.4) is 0 Å². The number of aliphatic hydroxyl groups excluding tert-OH is 1. The van der Waals surface area contributed by atoms with Crippen molar-refractivity contribution in [3.63, 3.8) is 0 Å². The van der Waals surface area contributed by atoms with Crippen LogP contribution in [0.4, 0.5) is 0 Å². The number of aryl methyl sites for hydroxylation is 1. The number of benzene rings is 1. The van der Waals surface area contributed by atoms with Crippen LogP contribution in [0.5, 0.6) is 5.75 Å². The molecule has 0 amide bonds. The standard InChI is InChI=1S/C16H25NO2/c1-13-5-3-7-15(11-13)19-10-8-14-6-4-9-16(14,12-18)17-2/h3,5,7,11,14,17-18H,4,6,8-10,12H2,1-2H3. The van der Waals surface area contributed by atoms with Gasteiger partial charge in [-0.1, -0.05) is 18.6 Å². The Morgan fingerprint density at radius 3 is 3.00 bits per heavy atom. The van der Waals surface area contributed by atoms with Crippen molar-refractivity contribution in [2.75, 3.05) is 20.3 Å². The third-order valence-corrected chi connectivity index (χ3v) is 4.46. The van der Waals surface area contributed by atoms with E-state index in [4.69, 9.17) is 4.74 Å². The molecule has 0 bridgehead atoms.